The Labute approximate surface area is 102 Å². The molecule has 1 aromatic rings. The molecule has 0 radical (unpaired) electrons. The van der Waals surface area contributed by atoms with Gasteiger partial charge in [-0.05, 0) is 37.4 Å². The molecule has 1 saturated carbocycles. The molecule has 1 fully saturated rings. The topological polar surface area (TPSA) is 42.4 Å². The molecule has 0 aliphatic heterocycles. The van der Waals surface area contributed by atoms with Gasteiger partial charge in [0.05, 0.1) is 17.8 Å². The van der Waals surface area contributed by atoms with Crippen LogP contribution >= 0.6 is 12.2 Å². The average molecular weight is 238 g/mol. The lowest BCUT2D eigenvalue weighted by atomic mass is 10.0. The van der Waals surface area contributed by atoms with Gasteiger partial charge in [0.15, 0.2) is 0 Å². The van der Waals surface area contributed by atoms with E-state index >= 15 is 0 Å². The lowest BCUT2D eigenvalue weighted by Gasteiger charge is -2.22. The highest BCUT2D eigenvalue weighted by atomic mass is 32.1. The second-order valence-electron chi connectivity index (χ2n) is 4.89. The van der Waals surface area contributed by atoms with Crippen LogP contribution in [0.3, 0.4) is 0 Å². The normalized spacial score (nSPS) is 17.6. The van der Waals surface area contributed by atoms with Crippen LogP contribution in [0.25, 0.3) is 0 Å². The standard InChI is InChI=1S/C12H18N2OS/c1-14(8-10-3-2-6-15-10)9-12(4-5-12)7-11(13)16/h2-3,6H,4-5,7-9H2,1H3,(H2,13,16). The van der Waals surface area contributed by atoms with Gasteiger partial charge in [-0.15, -0.1) is 0 Å². The quantitative estimate of drug-likeness (QED) is 0.771. The van der Waals surface area contributed by atoms with Crippen molar-refractivity contribution in [3.8, 4) is 0 Å². The van der Waals surface area contributed by atoms with E-state index in [-0.39, 0.29) is 0 Å². The minimum absolute atomic E-state index is 0.354. The highest BCUT2D eigenvalue weighted by molar-refractivity contribution is 7.80. The zero-order valence-corrected chi connectivity index (χ0v) is 10.4. The van der Waals surface area contributed by atoms with Crippen LogP contribution in [0.4, 0.5) is 0 Å². The van der Waals surface area contributed by atoms with E-state index in [9.17, 15) is 0 Å². The van der Waals surface area contributed by atoms with E-state index in [1.807, 2.05) is 12.1 Å². The van der Waals surface area contributed by atoms with Crippen molar-refractivity contribution in [2.24, 2.45) is 11.1 Å². The van der Waals surface area contributed by atoms with Crippen LogP contribution in [-0.4, -0.2) is 23.5 Å². The minimum atomic E-state index is 0.354. The van der Waals surface area contributed by atoms with Gasteiger partial charge < -0.3 is 10.2 Å². The fourth-order valence-electron chi connectivity index (χ4n) is 2.23. The van der Waals surface area contributed by atoms with Crippen molar-refractivity contribution in [3.63, 3.8) is 0 Å². The average Bonchev–Trinajstić information content (AvgIpc) is 2.74. The molecule has 2 N–H and O–H groups in total. The van der Waals surface area contributed by atoms with Crippen molar-refractivity contribution in [2.45, 2.75) is 25.8 Å². The van der Waals surface area contributed by atoms with E-state index < -0.39 is 0 Å². The predicted octanol–water partition coefficient (Wildman–Crippen LogP) is 2.17. The van der Waals surface area contributed by atoms with E-state index in [0.717, 1.165) is 25.3 Å². The van der Waals surface area contributed by atoms with Gasteiger partial charge in [0.1, 0.15) is 5.76 Å². The molecule has 2 rings (SSSR count). The third kappa shape index (κ3) is 3.06. The van der Waals surface area contributed by atoms with Crippen LogP contribution in [0.15, 0.2) is 22.8 Å². The van der Waals surface area contributed by atoms with Gasteiger partial charge >= 0.3 is 0 Å². The highest BCUT2D eigenvalue weighted by Crippen LogP contribution is 2.49. The fraction of sp³-hybridized carbons (Fsp3) is 0.583. The fourth-order valence-corrected chi connectivity index (χ4v) is 2.54. The van der Waals surface area contributed by atoms with Gasteiger partial charge in [0.2, 0.25) is 0 Å². The highest BCUT2D eigenvalue weighted by Gasteiger charge is 2.43. The number of nitrogens with zero attached hydrogens (tertiary/aromatic N) is 1. The molecular formula is C12H18N2OS. The molecule has 0 aromatic carbocycles. The molecule has 0 amide bonds. The summed E-state index contributed by atoms with van der Waals surface area (Å²) in [5.41, 5.74) is 5.98. The summed E-state index contributed by atoms with van der Waals surface area (Å²) in [6, 6.07) is 3.93. The predicted molar refractivity (Wildman–Crippen MR) is 68.1 cm³/mol. The summed E-state index contributed by atoms with van der Waals surface area (Å²) in [7, 11) is 2.11. The molecule has 1 aliphatic carbocycles. The zero-order chi connectivity index (χ0) is 11.6. The molecule has 0 unspecified atom stereocenters. The van der Waals surface area contributed by atoms with Crippen molar-refractivity contribution in [2.75, 3.05) is 13.6 Å². The summed E-state index contributed by atoms with van der Waals surface area (Å²) in [5, 5.41) is 0. The van der Waals surface area contributed by atoms with Crippen LogP contribution < -0.4 is 5.73 Å². The van der Waals surface area contributed by atoms with Gasteiger partial charge in [-0.1, -0.05) is 12.2 Å². The Hall–Kier alpha value is -0.870. The first-order valence-electron chi connectivity index (χ1n) is 5.59. The van der Waals surface area contributed by atoms with E-state index in [0.29, 0.717) is 10.4 Å². The second-order valence-corrected chi connectivity index (χ2v) is 5.42. The number of hydrogen-bond donors (Lipinski definition) is 1. The van der Waals surface area contributed by atoms with Crippen molar-refractivity contribution in [1.82, 2.24) is 4.90 Å². The molecule has 0 atom stereocenters. The summed E-state index contributed by atoms with van der Waals surface area (Å²) < 4.78 is 5.33. The van der Waals surface area contributed by atoms with E-state index in [1.165, 1.54) is 12.8 Å². The number of rotatable bonds is 6. The van der Waals surface area contributed by atoms with Crippen molar-refractivity contribution < 1.29 is 4.42 Å². The summed E-state index contributed by atoms with van der Waals surface area (Å²) in [4.78, 5) is 2.92. The Morgan fingerprint density at radius 2 is 2.38 bits per heavy atom. The minimum Gasteiger partial charge on any atom is -0.468 e. The van der Waals surface area contributed by atoms with E-state index in [1.54, 1.807) is 6.26 Å². The van der Waals surface area contributed by atoms with Gasteiger partial charge in [-0.3, -0.25) is 4.90 Å². The largest absolute Gasteiger partial charge is 0.468 e. The van der Waals surface area contributed by atoms with Crippen LogP contribution in [0.1, 0.15) is 25.0 Å². The molecule has 4 heteroatoms. The van der Waals surface area contributed by atoms with Crippen LogP contribution in [0.5, 0.6) is 0 Å². The summed E-state index contributed by atoms with van der Waals surface area (Å²) in [6.07, 6.45) is 5.08. The van der Waals surface area contributed by atoms with E-state index in [4.69, 9.17) is 22.4 Å². The molecule has 1 aromatic heterocycles. The monoisotopic (exact) mass is 238 g/mol. The molecule has 3 nitrogen and oxygen atoms in total. The summed E-state index contributed by atoms with van der Waals surface area (Å²) in [5.74, 6) is 1.01. The Kier molecular flexibility index (Phi) is 3.30. The van der Waals surface area contributed by atoms with Crippen molar-refractivity contribution in [3.05, 3.63) is 24.2 Å². The van der Waals surface area contributed by atoms with Gasteiger partial charge in [-0.25, -0.2) is 0 Å². The zero-order valence-electron chi connectivity index (χ0n) is 9.61. The molecule has 0 saturated heterocycles. The molecular weight excluding hydrogens is 220 g/mol. The van der Waals surface area contributed by atoms with Crippen LogP contribution in [-0.2, 0) is 6.54 Å². The first-order valence-corrected chi connectivity index (χ1v) is 6.00. The lowest BCUT2D eigenvalue weighted by molar-refractivity contribution is 0.241. The maximum atomic E-state index is 5.62. The Morgan fingerprint density at radius 1 is 1.62 bits per heavy atom. The first kappa shape index (κ1) is 11.6. The number of nitrogens with two attached hydrogens (primary N) is 1. The maximum Gasteiger partial charge on any atom is 0.117 e. The molecule has 16 heavy (non-hydrogen) atoms. The second kappa shape index (κ2) is 4.55. The number of hydrogen-bond acceptors (Lipinski definition) is 3. The third-order valence-electron chi connectivity index (χ3n) is 3.12. The van der Waals surface area contributed by atoms with Crippen LogP contribution in [0, 0.1) is 5.41 Å². The van der Waals surface area contributed by atoms with Crippen molar-refractivity contribution >= 4 is 17.2 Å². The van der Waals surface area contributed by atoms with Crippen LogP contribution in [0.2, 0.25) is 0 Å². The maximum absolute atomic E-state index is 5.62. The number of furan rings is 1. The Balaban J connectivity index is 1.83. The third-order valence-corrected chi connectivity index (χ3v) is 3.26. The Bertz CT molecular complexity index is 357. The molecule has 1 aliphatic rings. The lowest BCUT2D eigenvalue weighted by Crippen LogP contribution is -2.29. The van der Waals surface area contributed by atoms with Gasteiger partial charge in [0.25, 0.3) is 0 Å². The Morgan fingerprint density at radius 3 is 2.88 bits per heavy atom. The molecule has 1 heterocycles. The smallest absolute Gasteiger partial charge is 0.117 e. The molecule has 88 valence electrons. The van der Waals surface area contributed by atoms with Gasteiger partial charge in [0, 0.05) is 13.0 Å². The van der Waals surface area contributed by atoms with E-state index in [2.05, 4.69) is 11.9 Å². The molecule has 0 spiro atoms. The van der Waals surface area contributed by atoms with Crippen molar-refractivity contribution in [1.29, 1.82) is 0 Å². The first-order chi connectivity index (χ1) is 7.60. The number of thiocarbonyl (C=S) groups is 1. The van der Waals surface area contributed by atoms with Gasteiger partial charge in [-0.2, -0.15) is 0 Å². The molecule has 0 bridgehead atoms. The summed E-state index contributed by atoms with van der Waals surface area (Å²) in [6.45, 7) is 1.90. The summed E-state index contributed by atoms with van der Waals surface area (Å²) >= 11 is 4.99. The SMILES string of the molecule is CN(Cc1ccco1)CC1(CC(N)=S)CC1.